The zero-order valence-electron chi connectivity index (χ0n) is 33.0. The third-order valence-electron chi connectivity index (χ3n) is 11.8. The van der Waals surface area contributed by atoms with Gasteiger partial charge >= 0.3 is 0 Å². The van der Waals surface area contributed by atoms with E-state index in [4.69, 9.17) is 0 Å². The van der Waals surface area contributed by atoms with Crippen molar-refractivity contribution < 1.29 is 0 Å². The molecule has 10 aromatic carbocycles. The summed E-state index contributed by atoms with van der Waals surface area (Å²) in [5.74, 6) is 0. The van der Waals surface area contributed by atoms with Crippen LogP contribution in [-0.2, 0) is 0 Å². The van der Waals surface area contributed by atoms with Crippen LogP contribution in [0.1, 0.15) is 0 Å². The van der Waals surface area contributed by atoms with Gasteiger partial charge in [-0.3, -0.25) is 0 Å². The molecule has 2 heteroatoms. The van der Waals surface area contributed by atoms with E-state index in [1.54, 1.807) is 0 Å². The van der Waals surface area contributed by atoms with Crippen LogP contribution in [0, 0.1) is 0 Å². The molecule has 11 aromatic rings. The minimum Gasteiger partial charge on any atom is -0.310 e. The first-order valence-electron chi connectivity index (χ1n) is 20.6. The van der Waals surface area contributed by atoms with Crippen molar-refractivity contribution >= 4 is 49.6 Å². The Hall–Kier alpha value is -7.94. The number of anilines is 3. The molecule has 0 N–H and O–H groups in total. The van der Waals surface area contributed by atoms with Crippen LogP contribution < -0.4 is 4.90 Å². The summed E-state index contributed by atoms with van der Waals surface area (Å²) < 4.78 is 2.40. The van der Waals surface area contributed by atoms with Crippen LogP contribution >= 0.6 is 0 Å². The monoisotopic (exact) mass is 764 g/mol. The Balaban J connectivity index is 1.19. The highest BCUT2D eigenvalue weighted by atomic mass is 15.1. The molecule has 0 unspecified atom stereocenters. The molecule has 282 valence electrons. The molecule has 0 amide bonds. The van der Waals surface area contributed by atoms with Crippen LogP contribution in [0.25, 0.3) is 82.8 Å². The van der Waals surface area contributed by atoms with Gasteiger partial charge in [-0.2, -0.15) is 0 Å². The summed E-state index contributed by atoms with van der Waals surface area (Å²) in [5.41, 5.74) is 16.1. The Morgan fingerprint density at radius 2 is 0.850 bits per heavy atom. The van der Waals surface area contributed by atoms with Gasteiger partial charge in [0.15, 0.2) is 0 Å². The number of para-hydroxylation sites is 2. The maximum Gasteiger partial charge on any atom is 0.0561 e. The van der Waals surface area contributed by atoms with E-state index in [1.165, 1.54) is 60.4 Å². The summed E-state index contributed by atoms with van der Waals surface area (Å²) in [6, 6.07) is 88.1. The molecule has 0 aliphatic carbocycles. The van der Waals surface area contributed by atoms with Gasteiger partial charge in [0.2, 0.25) is 0 Å². The van der Waals surface area contributed by atoms with E-state index in [-0.39, 0.29) is 0 Å². The minimum absolute atomic E-state index is 1.07. The molecule has 11 rings (SSSR count). The minimum atomic E-state index is 1.07. The number of fused-ring (bicyclic) bond motifs is 4. The number of hydrogen-bond acceptors (Lipinski definition) is 1. The molecule has 2 nitrogen and oxygen atoms in total. The van der Waals surface area contributed by atoms with Gasteiger partial charge in [0.05, 0.1) is 16.7 Å². The molecule has 0 saturated carbocycles. The van der Waals surface area contributed by atoms with Crippen molar-refractivity contribution in [3.05, 3.63) is 243 Å². The number of aromatic nitrogens is 1. The molecule has 0 saturated heterocycles. The number of rotatable bonds is 8. The standard InChI is InChI=1S/C58H40N2/c1-5-17-41(18-6-1)46-31-36-57(55(38-46)44-22-9-3-10-23-44)59(50-33-35-53-52-27-15-16-28-56(52)60(58(53)40-50)48-25-11-4-12-26-48)49-32-34-51(54(39-49)43-20-7-2-8-21-43)47-30-29-42-19-13-14-24-45(42)37-47/h1-40H. The lowest BCUT2D eigenvalue weighted by atomic mass is 9.92. The summed E-state index contributed by atoms with van der Waals surface area (Å²) in [6.07, 6.45) is 0. The number of nitrogens with zero attached hydrogens (tertiary/aromatic N) is 2. The topological polar surface area (TPSA) is 8.17 Å². The summed E-state index contributed by atoms with van der Waals surface area (Å²) in [5, 5.41) is 4.92. The predicted octanol–water partition coefficient (Wildman–Crippen LogP) is 16.1. The Kier molecular flexibility index (Phi) is 8.87. The molecule has 1 heterocycles. The van der Waals surface area contributed by atoms with Crippen molar-refractivity contribution in [3.63, 3.8) is 0 Å². The molecule has 0 aliphatic rings. The van der Waals surface area contributed by atoms with Crippen LogP contribution in [0.3, 0.4) is 0 Å². The molecule has 0 aliphatic heterocycles. The Bertz CT molecular complexity index is 3300. The second kappa shape index (κ2) is 15.1. The predicted molar refractivity (Wildman–Crippen MR) is 255 cm³/mol. The van der Waals surface area contributed by atoms with Gasteiger partial charge in [0, 0.05) is 33.4 Å². The van der Waals surface area contributed by atoms with Crippen molar-refractivity contribution in [1.29, 1.82) is 0 Å². The summed E-state index contributed by atoms with van der Waals surface area (Å²) >= 11 is 0. The highest BCUT2D eigenvalue weighted by molar-refractivity contribution is 6.10. The van der Waals surface area contributed by atoms with Gasteiger partial charge in [-0.15, -0.1) is 0 Å². The quantitative estimate of drug-likeness (QED) is 0.150. The molecular formula is C58H40N2. The van der Waals surface area contributed by atoms with Crippen LogP contribution in [0.15, 0.2) is 243 Å². The van der Waals surface area contributed by atoms with Gasteiger partial charge in [0.1, 0.15) is 0 Å². The van der Waals surface area contributed by atoms with E-state index < -0.39 is 0 Å². The lowest BCUT2D eigenvalue weighted by molar-refractivity contribution is 1.18. The van der Waals surface area contributed by atoms with Crippen LogP contribution in [0.5, 0.6) is 0 Å². The van der Waals surface area contributed by atoms with Crippen LogP contribution in [0.2, 0.25) is 0 Å². The maximum absolute atomic E-state index is 2.46. The zero-order valence-corrected chi connectivity index (χ0v) is 33.0. The average molecular weight is 765 g/mol. The molecule has 0 fully saturated rings. The fourth-order valence-corrected chi connectivity index (χ4v) is 8.91. The van der Waals surface area contributed by atoms with Gasteiger partial charge in [-0.05, 0) is 110 Å². The Morgan fingerprint density at radius 1 is 0.283 bits per heavy atom. The molecule has 0 bridgehead atoms. The largest absolute Gasteiger partial charge is 0.310 e. The zero-order chi connectivity index (χ0) is 39.8. The van der Waals surface area contributed by atoms with E-state index in [0.717, 1.165) is 39.4 Å². The van der Waals surface area contributed by atoms with Crippen molar-refractivity contribution in [2.24, 2.45) is 0 Å². The molecule has 0 atom stereocenters. The molecule has 1 aromatic heterocycles. The first-order chi connectivity index (χ1) is 29.8. The van der Waals surface area contributed by atoms with E-state index >= 15 is 0 Å². The third kappa shape index (κ3) is 6.32. The second-order valence-corrected chi connectivity index (χ2v) is 15.3. The fraction of sp³-hybridized carbons (Fsp3) is 0. The van der Waals surface area contributed by atoms with Crippen molar-refractivity contribution in [1.82, 2.24) is 4.57 Å². The van der Waals surface area contributed by atoms with Crippen LogP contribution in [-0.4, -0.2) is 4.57 Å². The molecule has 0 radical (unpaired) electrons. The van der Waals surface area contributed by atoms with Crippen LogP contribution in [0.4, 0.5) is 17.1 Å². The summed E-state index contributed by atoms with van der Waals surface area (Å²) in [7, 11) is 0. The fourth-order valence-electron chi connectivity index (χ4n) is 8.91. The van der Waals surface area contributed by atoms with Gasteiger partial charge in [0.25, 0.3) is 0 Å². The van der Waals surface area contributed by atoms with Gasteiger partial charge in [-0.1, -0.05) is 182 Å². The number of benzene rings is 10. The van der Waals surface area contributed by atoms with E-state index in [2.05, 4.69) is 252 Å². The summed E-state index contributed by atoms with van der Waals surface area (Å²) in [4.78, 5) is 2.46. The van der Waals surface area contributed by atoms with Gasteiger partial charge < -0.3 is 9.47 Å². The number of hydrogen-bond donors (Lipinski definition) is 0. The first kappa shape index (κ1) is 35.2. The maximum atomic E-state index is 2.46. The van der Waals surface area contributed by atoms with E-state index in [9.17, 15) is 0 Å². The van der Waals surface area contributed by atoms with Crippen molar-refractivity contribution in [2.45, 2.75) is 0 Å². The third-order valence-corrected chi connectivity index (χ3v) is 11.8. The first-order valence-corrected chi connectivity index (χ1v) is 20.6. The summed E-state index contributed by atoms with van der Waals surface area (Å²) in [6.45, 7) is 0. The molecular weight excluding hydrogens is 725 g/mol. The SMILES string of the molecule is c1ccc(-c2ccc(N(c3ccc(-c4ccc5ccccc5c4)c(-c4ccccc4)c3)c3ccc4c5ccccc5n(-c5ccccc5)c4c3)c(-c3ccccc3)c2)cc1. The van der Waals surface area contributed by atoms with Gasteiger partial charge in [-0.25, -0.2) is 0 Å². The highest BCUT2D eigenvalue weighted by Crippen LogP contribution is 2.46. The molecule has 0 spiro atoms. The lowest BCUT2D eigenvalue weighted by Gasteiger charge is -2.29. The average Bonchev–Trinajstić information content (AvgIpc) is 3.66. The molecule has 60 heavy (non-hydrogen) atoms. The van der Waals surface area contributed by atoms with E-state index in [0.29, 0.717) is 0 Å². The van der Waals surface area contributed by atoms with E-state index in [1.807, 2.05) is 0 Å². The Morgan fingerprint density at radius 3 is 1.60 bits per heavy atom. The van der Waals surface area contributed by atoms with Crippen molar-refractivity contribution in [2.75, 3.05) is 4.90 Å². The smallest absolute Gasteiger partial charge is 0.0561 e. The lowest BCUT2D eigenvalue weighted by Crippen LogP contribution is -2.12. The van der Waals surface area contributed by atoms with Crippen molar-refractivity contribution in [3.8, 4) is 50.2 Å². The Labute approximate surface area is 350 Å². The normalized spacial score (nSPS) is 11.3. The highest BCUT2D eigenvalue weighted by Gasteiger charge is 2.22. The second-order valence-electron chi connectivity index (χ2n) is 15.3.